The average Bonchev–Trinajstić information content (AvgIpc) is 3.20. The van der Waals surface area contributed by atoms with E-state index in [4.69, 9.17) is 0 Å². The maximum atomic E-state index is 13.1. The first-order valence-corrected chi connectivity index (χ1v) is 11.9. The molecular formula is C25H28FN5O2S. The highest BCUT2D eigenvalue weighted by molar-refractivity contribution is 7.99. The summed E-state index contributed by atoms with van der Waals surface area (Å²) in [5.74, 6) is -0.0846. The first kappa shape index (κ1) is 25.2. The lowest BCUT2D eigenvalue weighted by Crippen LogP contribution is -2.33. The van der Waals surface area contributed by atoms with Crippen LogP contribution in [0, 0.1) is 18.7 Å². The van der Waals surface area contributed by atoms with E-state index >= 15 is 0 Å². The molecule has 0 unspecified atom stereocenters. The summed E-state index contributed by atoms with van der Waals surface area (Å²) in [4.78, 5) is 25.2. The number of halogens is 1. The quantitative estimate of drug-likeness (QED) is 0.322. The second kappa shape index (κ2) is 11.6. The van der Waals surface area contributed by atoms with Gasteiger partial charge in [0, 0.05) is 17.8 Å². The second-order valence-electron chi connectivity index (χ2n) is 8.14. The summed E-state index contributed by atoms with van der Waals surface area (Å²) in [7, 11) is 0. The first-order chi connectivity index (χ1) is 16.3. The Bertz CT molecular complexity index is 1140. The summed E-state index contributed by atoms with van der Waals surface area (Å²) in [6.07, 6.45) is 1.72. The molecule has 2 amide bonds. The topological polar surface area (TPSA) is 88.9 Å². The number of nitrogens with one attached hydrogen (secondary N) is 2. The molecule has 0 radical (unpaired) electrons. The number of benzene rings is 2. The van der Waals surface area contributed by atoms with E-state index < -0.39 is 0 Å². The van der Waals surface area contributed by atoms with Crippen LogP contribution in [-0.2, 0) is 11.3 Å². The Labute approximate surface area is 202 Å². The number of carbonyl (C=O) groups excluding carboxylic acids is 2. The SMILES string of the molecule is C=CCn1c(SCC(=O)Nc2ccc(F)cc2)nnc1[C@H](NC(=O)c1ccc(C)cc1)C(C)C. The molecule has 1 atom stereocenters. The lowest BCUT2D eigenvalue weighted by atomic mass is 10.0. The van der Waals surface area contributed by atoms with Gasteiger partial charge in [-0.3, -0.25) is 9.59 Å². The zero-order chi connectivity index (χ0) is 24.7. The van der Waals surface area contributed by atoms with Crippen LogP contribution in [0.5, 0.6) is 0 Å². The molecular weight excluding hydrogens is 453 g/mol. The predicted molar refractivity (Wildman–Crippen MR) is 132 cm³/mol. The molecule has 2 aromatic carbocycles. The van der Waals surface area contributed by atoms with Crippen LogP contribution in [0.3, 0.4) is 0 Å². The van der Waals surface area contributed by atoms with Gasteiger partial charge < -0.3 is 15.2 Å². The molecule has 0 aliphatic carbocycles. The van der Waals surface area contributed by atoms with E-state index in [1.165, 1.54) is 36.0 Å². The van der Waals surface area contributed by atoms with Crippen molar-refractivity contribution in [3.63, 3.8) is 0 Å². The fraction of sp³-hybridized carbons (Fsp3) is 0.280. The summed E-state index contributed by atoms with van der Waals surface area (Å²) >= 11 is 1.23. The highest BCUT2D eigenvalue weighted by Gasteiger charge is 2.26. The van der Waals surface area contributed by atoms with Crippen LogP contribution in [0.2, 0.25) is 0 Å². The first-order valence-electron chi connectivity index (χ1n) is 10.9. The molecule has 1 heterocycles. The normalized spacial score (nSPS) is 11.8. The van der Waals surface area contributed by atoms with Crippen LogP contribution in [0.15, 0.2) is 66.3 Å². The highest BCUT2D eigenvalue weighted by Crippen LogP contribution is 2.26. The van der Waals surface area contributed by atoms with Crippen molar-refractivity contribution in [1.82, 2.24) is 20.1 Å². The molecule has 3 aromatic rings. The van der Waals surface area contributed by atoms with Gasteiger partial charge in [0.05, 0.1) is 11.8 Å². The number of carbonyl (C=O) groups is 2. The molecule has 0 bridgehead atoms. The van der Waals surface area contributed by atoms with Gasteiger partial charge in [0.2, 0.25) is 5.91 Å². The van der Waals surface area contributed by atoms with E-state index in [1.807, 2.05) is 37.5 Å². The Morgan fingerprint density at radius 2 is 1.79 bits per heavy atom. The fourth-order valence-corrected chi connectivity index (χ4v) is 4.01. The molecule has 7 nitrogen and oxygen atoms in total. The molecule has 2 N–H and O–H groups in total. The van der Waals surface area contributed by atoms with Gasteiger partial charge in [-0.05, 0) is 49.2 Å². The molecule has 9 heteroatoms. The van der Waals surface area contributed by atoms with E-state index in [0.717, 1.165) is 5.56 Å². The molecule has 0 saturated heterocycles. The third kappa shape index (κ3) is 6.54. The van der Waals surface area contributed by atoms with E-state index in [1.54, 1.807) is 18.2 Å². The predicted octanol–water partition coefficient (Wildman–Crippen LogP) is 4.77. The molecule has 0 saturated carbocycles. The number of thioether (sulfide) groups is 1. The summed E-state index contributed by atoms with van der Waals surface area (Å²) in [6.45, 7) is 10.2. The smallest absolute Gasteiger partial charge is 0.251 e. The van der Waals surface area contributed by atoms with E-state index in [0.29, 0.717) is 28.8 Å². The van der Waals surface area contributed by atoms with Gasteiger partial charge >= 0.3 is 0 Å². The lowest BCUT2D eigenvalue weighted by Gasteiger charge is -2.22. The molecule has 0 fully saturated rings. The Morgan fingerprint density at radius 1 is 1.12 bits per heavy atom. The molecule has 3 rings (SSSR count). The number of rotatable bonds is 10. The van der Waals surface area contributed by atoms with Crippen LogP contribution in [0.1, 0.15) is 41.6 Å². The number of hydrogen-bond donors (Lipinski definition) is 2. The average molecular weight is 482 g/mol. The molecule has 1 aromatic heterocycles. The minimum absolute atomic E-state index is 0.0433. The summed E-state index contributed by atoms with van der Waals surface area (Å²) in [5, 5.41) is 14.9. The Balaban J connectivity index is 1.74. The zero-order valence-corrected chi connectivity index (χ0v) is 20.2. The number of amides is 2. The van der Waals surface area contributed by atoms with Crippen LogP contribution in [0.4, 0.5) is 10.1 Å². The maximum absolute atomic E-state index is 13.1. The Kier molecular flexibility index (Phi) is 8.59. The van der Waals surface area contributed by atoms with Crippen molar-refractivity contribution in [2.24, 2.45) is 5.92 Å². The van der Waals surface area contributed by atoms with E-state index in [9.17, 15) is 14.0 Å². The second-order valence-corrected chi connectivity index (χ2v) is 9.09. The minimum Gasteiger partial charge on any atom is -0.342 e. The largest absolute Gasteiger partial charge is 0.342 e. The van der Waals surface area contributed by atoms with Gasteiger partial charge in [0.1, 0.15) is 5.82 Å². The van der Waals surface area contributed by atoms with Gasteiger partial charge in [-0.1, -0.05) is 49.4 Å². The number of aryl methyl sites for hydroxylation is 1. The number of aromatic nitrogens is 3. The fourth-order valence-electron chi connectivity index (χ4n) is 3.26. The van der Waals surface area contributed by atoms with Crippen molar-refractivity contribution in [1.29, 1.82) is 0 Å². The maximum Gasteiger partial charge on any atom is 0.251 e. The van der Waals surface area contributed by atoms with Crippen LogP contribution in [0.25, 0.3) is 0 Å². The van der Waals surface area contributed by atoms with Gasteiger partial charge in [-0.2, -0.15) is 0 Å². The van der Waals surface area contributed by atoms with Crippen molar-refractivity contribution >= 4 is 29.3 Å². The molecule has 34 heavy (non-hydrogen) atoms. The summed E-state index contributed by atoms with van der Waals surface area (Å²) in [5.41, 5.74) is 2.16. The van der Waals surface area contributed by atoms with Crippen molar-refractivity contribution in [3.05, 3.63) is 84.0 Å². The zero-order valence-electron chi connectivity index (χ0n) is 19.4. The van der Waals surface area contributed by atoms with Crippen LogP contribution >= 0.6 is 11.8 Å². The van der Waals surface area contributed by atoms with Crippen molar-refractivity contribution in [2.45, 2.75) is 38.5 Å². The number of allylic oxidation sites excluding steroid dienone is 1. The Hall–Kier alpha value is -3.46. The van der Waals surface area contributed by atoms with Crippen molar-refractivity contribution in [3.8, 4) is 0 Å². The third-order valence-corrected chi connectivity index (χ3v) is 6.03. The van der Waals surface area contributed by atoms with Gasteiger partial charge in [-0.25, -0.2) is 4.39 Å². The van der Waals surface area contributed by atoms with Crippen molar-refractivity contribution < 1.29 is 14.0 Å². The summed E-state index contributed by atoms with van der Waals surface area (Å²) < 4.78 is 14.9. The molecule has 178 valence electrons. The summed E-state index contributed by atoms with van der Waals surface area (Å²) in [6, 6.07) is 12.6. The van der Waals surface area contributed by atoms with Gasteiger partial charge in [0.25, 0.3) is 5.91 Å². The molecule has 0 aliphatic heterocycles. The molecule has 0 aliphatic rings. The van der Waals surface area contributed by atoms with E-state index in [-0.39, 0.29) is 35.3 Å². The minimum atomic E-state index is -0.386. The third-order valence-electron chi connectivity index (χ3n) is 5.06. The molecule has 0 spiro atoms. The van der Waals surface area contributed by atoms with Crippen molar-refractivity contribution in [2.75, 3.05) is 11.1 Å². The lowest BCUT2D eigenvalue weighted by molar-refractivity contribution is -0.113. The highest BCUT2D eigenvalue weighted by atomic mass is 32.2. The van der Waals surface area contributed by atoms with Crippen LogP contribution in [-0.4, -0.2) is 32.3 Å². The number of hydrogen-bond acceptors (Lipinski definition) is 5. The monoisotopic (exact) mass is 481 g/mol. The van der Waals surface area contributed by atoms with Gasteiger partial charge in [0.15, 0.2) is 11.0 Å². The van der Waals surface area contributed by atoms with E-state index in [2.05, 4.69) is 27.4 Å². The van der Waals surface area contributed by atoms with Gasteiger partial charge in [-0.15, -0.1) is 16.8 Å². The van der Waals surface area contributed by atoms with Crippen LogP contribution < -0.4 is 10.6 Å². The number of anilines is 1. The standard InChI is InChI=1S/C25H28FN5O2S/c1-5-14-31-23(22(16(2)3)28-24(33)18-8-6-17(4)7-9-18)29-30-25(31)34-15-21(32)27-20-12-10-19(26)11-13-20/h5-13,16,22H,1,14-15H2,2-4H3,(H,27,32)(H,28,33)/t22-/m1/s1. The Morgan fingerprint density at radius 3 is 2.41 bits per heavy atom. The number of nitrogens with zero attached hydrogens (tertiary/aromatic N) is 3.